The van der Waals surface area contributed by atoms with Crippen LogP contribution in [0.4, 0.5) is 5.69 Å². The van der Waals surface area contributed by atoms with Crippen molar-refractivity contribution < 1.29 is 13.2 Å². The molecule has 0 saturated carbocycles. The summed E-state index contributed by atoms with van der Waals surface area (Å²) in [6, 6.07) is 4.65. The molecule has 0 radical (unpaired) electrons. The Morgan fingerprint density at radius 1 is 1.35 bits per heavy atom. The average molecular weight is 380 g/mol. The zero-order valence-electron chi connectivity index (χ0n) is 15.5. The fourth-order valence-corrected chi connectivity index (χ4v) is 3.52. The first-order valence-electron chi connectivity index (χ1n) is 8.03. The number of amides is 1. The van der Waals surface area contributed by atoms with E-state index in [-0.39, 0.29) is 23.4 Å². The average Bonchev–Trinajstić information content (AvgIpc) is 3.00. The van der Waals surface area contributed by atoms with Gasteiger partial charge in [-0.15, -0.1) is 10.2 Å². The topological polar surface area (TPSA) is 109 Å². The van der Waals surface area contributed by atoms with E-state index in [1.165, 1.54) is 20.2 Å². The minimum absolute atomic E-state index is 0.0532. The lowest BCUT2D eigenvalue weighted by atomic mass is 10.2. The van der Waals surface area contributed by atoms with E-state index in [4.69, 9.17) is 0 Å². The van der Waals surface area contributed by atoms with Gasteiger partial charge >= 0.3 is 0 Å². The number of nitrogens with one attached hydrogen (secondary N) is 2. The molecule has 2 rings (SSSR count). The summed E-state index contributed by atoms with van der Waals surface area (Å²) < 4.78 is 27.6. The van der Waals surface area contributed by atoms with Gasteiger partial charge in [-0.1, -0.05) is 6.07 Å². The molecule has 0 fully saturated rings. The molecule has 1 atom stereocenters. The number of nitrogens with zero attached hydrogens (tertiary/aromatic N) is 4. The summed E-state index contributed by atoms with van der Waals surface area (Å²) in [5.41, 5.74) is 1.04. The highest BCUT2D eigenvalue weighted by molar-refractivity contribution is 7.89. The Bertz CT molecular complexity index is 891. The van der Waals surface area contributed by atoms with Gasteiger partial charge in [0.05, 0.1) is 17.5 Å². The SMILES string of the molecule is Cc1ccc(NC(=O)CNC(C)c2nncn2C)cc1S(=O)(=O)N(C)C. The molecule has 0 aliphatic carbocycles. The van der Waals surface area contributed by atoms with E-state index in [1.54, 1.807) is 30.0 Å². The zero-order valence-corrected chi connectivity index (χ0v) is 16.3. The molecule has 0 aliphatic rings. The van der Waals surface area contributed by atoms with Gasteiger partial charge in [-0.2, -0.15) is 0 Å². The molecule has 0 bridgehead atoms. The lowest BCUT2D eigenvalue weighted by Gasteiger charge is -2.16. The normalized spacial score (nSPS) is 13.0. The van der Waals surface area contributed by atoms with Gasteiger partial charge in [0.2, 0.25) is 15.9 Å². The van der Waals surface area contributed by atoms with E-state index >= 15 is 0 Å². The minimum atomic E-state index is -3.58. The second-order valence-electron chi connectivity index (χ2n) is 6.22. The largest absolute Gasteiger partial charge is 0.325 e. The Morgan fingerprint density at radius 2 is 2.04 bits per heavy atom. The summed E-state index contributed by atoms with van der Waals surface area (Å²) in [5, 5.41) is 13.6. The van der Waals surface area contributed by atoms with Crippen LogP contribution in [0.15, 0.2) is 29.4 Å². The van der Waals surface area contributed by atoms with Crippen LogP contribution in [0.25, 0.3) is 0 Å². The van der Waals surface area contributed by atoms with Crippen LogP contribution >= 0.6 is 0 Å². The number of anilines is 1. The van der Waals surface area contributed by atoms with Crippen molar-refractivity contribution >= 4 is 21.6 Å². The van der Waals surface area contributed by atoms with E-state index in [2.05, 4.69) is 20.8 Å². The smallest absolute Gasteiger partial charge is 0.242 e. The lowest BCUT2D eigenvalue weighted by Crippen LogP contribution is -2.31. The number of benzene rings is 1. The third-order valence-corrected chi connectivity index (χ3v) is 5.89. The maximum atomic E-state index is 12.4. The third kappa shape index (κ3) is 4.45. The summed E-state index contributed by atoms with van der Waals surface area (Å²) in [7, 11) is 1.19. The van der Waals surface area contributed by atoms with Crippen LogP contribution < -0.4 is 10.6 Å². The fourth-order valence-electron chi connectivity index (χ4n) is 2.38. The van der Waals surface area contributed by atoms with Crippen LogP contribution in [-0.2, 0) is 21.9 Å². The summed E-state index contributed by atoms with van der Waals surface area (Å²) in [6.07, 6.45) is 1.59. The van der Waals surface area contributed by atoms with Crippen molar-refractivity contribution in [1.29, 1.82) is 0 Å². The molecule has 2 aromatic rings. The third-order valence-electron chi connectivity index (χ3n) is 3.93. The Labute approximate surface area is 153 Å². The second-order valence-corrected chi connectivity index (χ2v) is 8.34. The Kier molecular flexibility index (Phi) is 6.11. The first kappa shape index (κ1) is 20.0. The van der Waals surface area contributed by atoms with Crippen molar-refractivity contribution in [2.24, 2.45) is 7.05 Å². The summed E-state index contributed by atoms with van der Waals surface area (Å²) in [6.45, 7) is 3.65. The standard InChI is InChI=1S/C16H24N6O3S/c1-11-6-7-13(8-14(11)26(24,25)21(3)4)19-15(23)9-17-12(2)16-20-18-10-22(16)5/h6-8,10,12,17H,9H2,1-5H3,(H,19,23). The summed E-state index contributed by atoms with van der Waals surface area (Å²) >= 11 is 0. The van der Waals surface area contributed by atoms with Gasteiger partial charge in [-0.3, -0.25) is 10.1 Å². The van der Waals surface area contributed by atoms with Crippen molar-refractivity contribution in [2.45, 2.75) is 24.8 Å². The van der Waals surface area contributed by atoms with E-state index in [0.717, 1.165) is 4.31 Å². The fraction of sp³-hybridized carbons (Fsp3) is 0.438. The van der Waals surface area contributed by atoms with Crippen LogP contribution in [0, 0.1) is 6.92 Å². The zero-order chi connectivity index (χ0) is 19.5. The Balaban J connectivity index is 2.04. The maximum Gasteiger partial charge on any atom is 0.242 e. The first-order valence-corrected chi connectivity index (χ1v) is 9.47. The number of rotatable bonds is 7. The molecule has 0 aliphatic heterocycles. The van der Waals surface area contributed by atoms with Crippen LogP contribution in [0.1, 0.15) is 24.4 Å². The molecule has 0 spiro atoms. The van der Waals surface area contributed by atoms with E-state index < -0.39 is 10.0 Å². The van der Waals surface area contributed by atoms with Gasteiger partial charge in [0.1, 0.15) is 12.2 Å². The number of carbonyl (C=O) groups excluding carboxylic acids is 1. The molecular formula is C16H24N6O3S. The highest BCUT2D eigenvalue weighted by Gasteiger charge is 2.20. The second kappa shape index (κ2) is 7.94. The number of carbonyl (C=O) groups is 1. The van der Waals surface area contributed by atoms with Crippen LogP contribution in [0.2, 0.25) is 0 Å². The molecule has 142 valence electrons. The van der Waals surface area contributed by atoms with Gasteiger partial charge in [-0.25, -0.2) is 12.7 Å². The molecule has 10 heteroatoms. The van der Waals surface area contributed by atoms with Gasteiger partial charge in [-0.05, 0) is 31.5 Å². The molecule has 1 unspecified atom stereocenters. The molecule has 0 saturated heterocycles. The van der Waals surface area contributed by atoms with Crippen molar-refractivity contribution in [3.8, 4) is 0 Å². The molecule has 26 heavy (non-hydrogen) atoms. The molecular weight excluding hydrogens is 356 g/mol. The monoisotopic (exact) mass is 380 g/mol. The van der Waals surface area contributed by atoms with Crippen LogP contribution in [0.5, 0.6) is 0 Å². The van der Waals surface area contributed by atoms with E-state index in [0.29, 0.717) is 17.1 Å². The quantitative estimate of drug-likeness (QED) is 0.730. The minimum Gasteiger partial charge on any atom is -0.325 e. The predicted molar refractivity (Wildman–Crippen MR) is 98.1 cm³/mol. The van der Waals surface area contributed by atoms with Crippen molar-refractivity contribution in [3.05, 3.63) is 35.9 Å². The Hall–Kier alpha value is -2.30. The van der Waals surface area contributed by atoms with Crippen LogP contribution in [0.3, 0.4) is 0 Å². The number of aromatic nitrogens is 3. The van der Waals surface area contributed by atoms with Crippen molar-refractivity contribution in [2.75, 3.05) is 26.0 Å². The predicted octanol–water partition coefficient (Wildman–Crippen LogP) is 0.663. The van der Waals surface area contributed by atoms with E-state index in [9.17, 15) is 13.2 Å². The molecule has 1 amide bonds. The molecule has 9 nitrogen and oxygen atoms in total. The van der Waals surface area contributed by atoms with Gasteiger partial charge in [0.25, 0.3) is 0 Å². The van der Waals surface area contributed by atoms with Crippen molar-refractivity contribution in [3.63, 3.8) is 0 Å². The molecule has 2 N–H and O–H groups in total. The highest BCUT2D eigenvalue weighted by Crippen LogP contribution is 2.22. The highest BCUT2D eigenvalue weighted by atomic mass is 32.2. The number of sulfonamides is 1. The molecule has 1 aromatic heterocycles. The van der Waals surface area contributed by atoms with Gasteiger partial charge in [0.15, 0.2) is 0 Å². The maximum absolute atomic E-state index is 12.4. The lowest BCUT2D eigenvalue weighted by molar-refractivity contribution is -0.115. The van der Waals surface area contributed by atoms with Gasteiger partial charge in [0, 0.05) is 26.8 Å². The number of aryl methyl sites for hydroxylation is 2. The van der Waals surface area contributed by atoms with E-state index in [1.807, 2.05) is 14.0 Å². The summed E-state index contributed by atoms with van der Waals surface area (Å²) in [5.74, 6) is 0.434. The van der Waals surface area contributed by atoms with Crippen LogP contribution in [-0.4, -0.2) is 54.0 Å². The molecule has 1 aromatic carbocycles. The van der Waals surface area contributed by atoms with Gasteiger partial charge < -0.3 is 9.88 Å². The molecule has 1 heterocycles. The van der Waals surface area contributed by atoms with Crippen molar-refractivity contribution in [1.82, 2.24) is 24.4 Å². The number of hydrogen-bond donors (Lipinski definition) is 2. The Morgan fingerprint density at radius 3 is 2.62 bits per heavy atom. The number of hydrogen-bond acceptors (Lipinski definition) is 6. The summed E-state index contributed by atoms with van der Waals surface area (Å²) in [4.78, 5) is 12.3. The first-order chi connectivity index (χ1) is 12.1.